The van der Waals surface area contributed by atoms with E-state index in [1.165, 1.54) is 49.3 Å². The van der Waals surface area contributed by atoms with Gasteiger partial charge in [0.1, 0.15) is 0 Å². The van der Waals surface area contributed by atoms with E-state index in [-0.39, 0.29) is 0 Å². The van der Waals surface area contributed by atoms with Crippen LogP contribution in [0.3, 0.4) is 0 Å². The predicted octanol–water partition coefficient (Wildman–Crippen LogP) is 3.27. The number of aromatic nitrogens is 1. The van der Waals surface area contributed by atoms with Gasteiger partial charge in [-0.15, -0.1) is 0 Å². The van der Waals surface area contributed by atoms with Gasteiger partial charge in [-0.05, 0) is 67.3 Å². The van der Waals surface area contributed by atoms with Crippen molar-refractivity contribution >= 4 is 17.2 Å². The van der Waals surface area contributed by atoms with E-state index in [4.69, 9.17) is 5.73 Å². The van der Waals surface area contributed by atoms with Crippen LogP contribution in [0.1, 0.15) is 43.7 Å². The predicted molar refractivity (Wildman–Crippen MR) is 66.3 cm³/mol. The SMILES string of the molecule is Nc1csnc1C1C2CC3CC(C2)CC1C3. The molecule has 0 atom stereocenters. The molecule has 0 saturated heterocycles. The Morgan fingerprint density at radius 3 is 2.19 bits per heavy atom. The van der Waals surface area contributed by atoms with Crippen molar-refractivity contribution in [2.45, 2.75) is 38.0 Å². The van der Waals surface area contributed by atoms with Crippen molar-refractivity contribution in [2.24, 2.45) is 23.7 Å². The number of nitrogen functional groups attached to an aromatic ring is 1. The molecule has 3 heteroatoms. The first-order valence-corrected chi connectivity index (χ1v) is 7.34. The minimum atomic E-state index is 0.707. The second-order valence-corrected chi connectivity index (χ2v) is 6.74. The van der Waals surface area contributed by atoms with Crippen molar-refractivity contribution in [3.05, 3.63) is 11.1 Å². The zero-order valence-electron chi connectivity index (χ0n) is 9.43. The highest BCUT2D eigenvalue weighted by molar-refractivity contribution is 7.04. The Morgan fingerprint density at radius 2 is 1.69 bits per heavy atom. The van der Waals surface area contributed by atoms with Crippen LogP contribution in [0.25, 0.3) is 0 Å². The first-order chi connectivity index (χ1) is 7.81. The quantitative estimate of drug-likeness (QED) is 0.810. The van der Waals surface area contributed by atoms with E-state index in [9.17, 15) is 0 Å². The Balaban J connectivity index is 1.72. The Kier molecular flexibility index (Phi) is 1.90. The van der Waals surface area contributed by atoms with Gasteiger partial charge in [0.05, 0.1) is 11.4 Å². The van der Waals surface area contributed by atoms with E-state index in [2.05, 4.69) is 4.37 Å². The smallest absolute Gasteiger partial charge is 0.0807 e. The topological polar surface area (TPSA) is 38.9 Å². The van der Waals surface area contributed by atoms with Crippen molar-refractivity contribution in [3.63, 3.8) is 0 Å². The minimum Gasteiger partial charge on any atom is -0.397 e. The van der Waals surface area contributed by atoms with Crippen molar-refractivity contribution in [3.8, 4) is 0 Å². The monoisotopic (exact) mass is 234 g/mol. The second kappa shape index (κ2) is 3.22. The van der Waals surface area contributed by atoms with Crippen LogP contribution in [-0.2, 0) is 0 Å². The molecule has 16 heavy (non-hydrogen) atoms. The Hall–Kier alpha value is -0.570. The third-order valence-corrected chi connectivity index (χ3v) is 5.83. The summed E-state index contributed by atoms with van der Waals surface area (Å²) in [6, 6.07) is 0. The molecule has 0 spiro atoms. The van der Waals surface area contributed by atoms with Gasteiger partial charge < -0.3 is 5.73 Å². The van der Waals surface area contributed by atoms with Crippen molar-refractivity contribution in [1.82, 2.24) is 4.37 Å². The lowest BCUT2D eigenvalue weighted by Gasteiger charge is -2.54. The normalized spacial score (nSPS) is 45.1. The maximum absolute atomic E-state index is 6.07. The molecule has 4 fully saturated rings. The first kappa shape index (κ1) is 9.46. The van der Waals surface area contributed by atoms with Gasteiger partial charge in [0.25, 0.3) is 0 Å². The average Bonchev–Trinajstić information content (AvgIpc) is 2.63. The van der Waals surface area contributed by atoms with E-state index < -0.39 is 0 Å². The Morgan fingerprint density at radius 1 is 1.06 bits per heavy atom. The third kappa shape index (κ3) is 1.21. The number of nitrogens with zero attached hydrogens (tertiary/aromatic N) is 1. The number of rotatable bonds is 1. The molecule has 2 N–H and O–H groups in total. The summed E-state index contributed by atoms with van der Waals surface area (Å²) < 4.78 is 4.58. The van der Waals surface area contributed by atoms with Crippen LogP contribution >= 0.6 is 11.5 Å². The molecule has 0 amide bonds. The molecule has 1 aromatic heterocycles. The molecule has 0 unspecified atom stereocenters. The maximum atomic E-state index is 6.07. The van der Waals surface area contributed by atoms with Crippen LogP contribution in [0.2, 0.25) is 0 Å². The van der Waals surface area contributed by atoms with Gasteiger partial charge in [0, 0.05) is 11.3 Å². The molecular formula is C13H18N2S. The van der Waals surface area contributed by atoms with Crippen LogP contribution in [-0.4, -0.2) is 4.37 Å². The summed E-state index contributed by atoms with van der Waals surface area (Å²) in [4.78, 5) is 0. The Bertz CT molecular complexity index is 384. The molecule has 86 valence electrons. The van der Waals surface area contributed by atoms with E-state index in [1.54, 1.807) is 0 Å². The molecule has 5 rings (SSSR count). The van der Waals surface area contributed by atoms with E-state index in [0.29, 0.717) is 5.92 Å². The molecule has 4 aliphatic rings. The largest absolute Gasteiger partial charge is 0.397 e. The van der Waals surface area contributed by atoms with Gasteiger partial charge >= 0.3 is 0 Å². The Labute approximate surface area is 100 Å². The zero-order chi connectivity index (χ0) is 10.7. The summed E-state index contributed by atoms with van der Waals surface area (Å²) >= 11 is 1.54. The highest BCUT2D eigenvalue weighted by atomic mass is 32.1. The zero-order valence-corrected chi connectivity index (χ0v) is 10.2. The molecule has 0 aromatic carbocycles. The van der Waals surface area contributed by atoms with Crippen molar-refractivity contribution < 1.29 is 0 Å². The lowest BCUT2D eigenvalue weighted by Crippen LogP contribution is -2.44. The highest BCUT2D eigenvalue weighted by Crippen LogP contribution is 2.60. The van der Waals surface area contributed by atoms with Gasteiger partial charge in [-0.2, -0.15) is 4.37 Å². The summed E-state index contributed by atoms with van der Waals surface area (Å²) in [5.41, 5.74) is 8.28. The summed E-state index contributed by atoms with van der Waals surface area (Å²) in [6.45, 7) is 0. The fourth-order valence-corrected chi connectivity index (χ4v) is 5.51. The third-order valence-electron chi connectivity index (χ3n) is 5.17. The fraction of sp³-hybridized carbons (Fsp3) is 0.769. The lowest BCUT2D eigenvalue weighted by molar-refractivity contribution is -0.00361. The van der Waals surface area contributed by atoms with Crippen LogP contribution in [0.4, 0.5) is 5.69 Å². The van der Waals surface area contributed by atoms with Crippen LogP contribution in [0.15, 0.2) is 5.38 Å². The number of hydrogen-bond acceptors (Lipinski definition) is 3. The van der Waals surface area contributed by atoms with Gasteiger partial charge in [-0.3, -0.25) is 0 Å². The summed E-state index contributed by atoms with van der Waals surface area (Å²) in [7, 11) is 0. The van der Waals surface area contributed by atoms with Gasteiger partial charge in [0.15, 0.2) is 0 Å². The van der Waals surface area contributed by atoms with Crippen LogP contribution in [0, 0.1) is 23.7 Å². The van der Waals surface area contributed by atoms with Crippen LogP contribution < -0.4 is 5.73 Å². The first-order valence-electron chi connectivity index (χ1n) is 6.51. The second-order valence-electron chi connectivity index (χ2n) is 6.11. The lowest BCUT2D eigenvalue weighted by atomic mass is 9.51. The van der Waals surface area contributed by atoms with Crippen molar-refractivity contribution in [2.75, 3.05) is 5.73 Å². The molecule has 4 saturated carbocycles. The molecule has 1 heterocycles. The molecule has 4 aliphatic carbocycles. The molecule has 0 aliphatic heterocycles. The average molecular weight is 234 g/mol. The van der Waals surface area contributed by atoms with E-state index in [1.807, 2.05) is 5.38 Å². The molecule has 2 nitrogen and oxygen atoms in total. The molecule has 4 bridgehead atoms. The van der Waals surface area contributed by atoms with E-state index in [0.717, 1.165) is 29.4 Å². The number of hydrogen-bond donors (Lipinski definition) is 1. The van der Waals surface area contributed by atoms with E-state index >= 15 is 0 Å². The molecule has 1 aromatic rings. The van der Waals surface area contributed by atoms with Crippen molar-refractivity contribution in [1.29, 1.82) is 0 Å². The van der Waals surface area contributed by atoms with Gasteiger partial charge in [-0.1, -0.05) is 0 Å². The fourth-order valence-electron chi connectivity index (χ4n) is 4.88. The summed E-state index contributed by atoms with van der Waals surface area (Å²) in [5, 5.41) is 2.01. The van der Waals surface area contributed by atoms with Gasteiger partial charge in [-0.25, -0.2) is 0 Å². The number of anilines is 1. The number of nitrogens with two attached hydrogens (primary N) is 1. The highest BCUT2D eigenvalue weighted by Gasteiger charge is 2.49. The van der Waals surface area contributed by atoms with Gasteiger partial charge in [0.2, 0.25) is 0 Å². The van der Waals surface area contributed by atoms with Crippen LogP contribution in [0.5, 0.6) is 0 Å². The minimum absolute atomic E-state index is 0.707. The molecular weight excluding hydrogens is 216 g/mol. The standard InChI is InChI=1S/C13H18N2S/c14-11-6-16-15-13(11)12-9-2-7-1-8(4-9)5-10(12)3-7/h6-10,12H,1-5,14H2. The maximum Gasteiger partial charge on any atom is 0.0807 e. The summed E-state index contributed by atoms with van der Waals surface area (Å²) in [6.07, 6.45) is 7.33. The molecule has 0 radical (unpaired) electrons. The summed E-state index contributed by atoms with van der Waals surface area (Å²) in [5.74, 6) is 4.59.